The number of aryl methyl sites for hydroxylation is 1. The number of nitrogens with one attached hydrogen (secondary N) is 3. The molecular formula is C30H40F8N6O3. The van der Waals surface area contributed by atoms with Crippen LogP contribution in [0.5, 0.6) is 5.88 Å². The Morgan fingerprint density at radius 3 is 2.32 bits per heavy atom. The summed E-state index contributed by atoms with van der Waals surface area (Å²) in [6.45, 7) is -2.80. The molecule has 0 radical (unpaired) electrons. The van der Waals surface area contributed by atoms with E-state index in [1.807, 2.05) is 6.92 Å². The van der Waals surface area contributed by atoms with Crippen molar-refractivity contribution in [3.63, 3.8) is 0 Å². The van der Waals surface area contributed by atoms with Crippen LogP contribution in [0.2, 0.25) is 0 Å². The standard InChI is InChI=1S/C29H33F5N6O3.CHF3.3H2/c1-28(10-11-28)26(42)35-14-16-8-9-19(29(32,33)34)20(12-16)37-27-38-21-13-18(24(41)36-17-6-4-3-5-7-17)25(43-15-22(30)31)39-23(21)40(27)2;2-1(3)4;;;/h8-9,12-13,17,22H,3-7,10-11,14-15H2,1-2H3,(H,35,42)(H,36,41)(H,37,38);1H;3*1H. The molecule has 264 valence electrons. The first-order chi connectivity index (χ1) is 22.1. The molecule has 2 fully saturated rings. The van der Waals surface area contributed by atoms with Gasteiger partial charge in [0, 0.05) is 29.3 Å². The molecule has 1 aromatic carbocycles. The van der Waals surface area contributed by atoms with Gasteiger partial charge in [0.05, 0.1) is 11.3 Å². The van der Waals surface area contributed by atoms with Crippen molar-refractivity contribution in [1.29, 1.82) is 0 Å². The molecule has 0 unspecified atom stereocenters. The third-order valence-corrected chi connectivity index (χ3v) is 7.98. The van der Waals surface area contributed by atoms with Gasteiger partial charge in [0.1, 0.15) is 11.1 Å². The minimum atomic E-state index is -4.70. The molecule has 47 heavy (non-hydrogen) atoms. The number of fused-ring (bicyclic) bond motifs is 1. The van der Waals surface area contributed by atoms with Crippen LogP contribution < -0.4 is 20.7 Å². The number of hydrogen-bond acceptors (Lipinski definition) is 6. The summed E-state index contributed by atoms with van der Waals surface area (Å²) in [5, 5.41) is 8.38. The predicted molar refractivity (Wildman–Crippen MR) is 162 cm³/mol. The zero-order chi connectivity index (χ0) is 34.5. The molecular weight excluding hydrogens is 644 g/mol. The van der Waals surface area contributed by atoms with E-state index in [1.54, 1.807) is 0 Å². The number of halogens is 8. The first kappa shape index (κ1) is 35.7. The van der Waals surface area contributed by atoms with Crippen molar-refractivity contribution < 1.29 is 53.7 Å². The fraction of sp³-hybridized carbons (Fsp3) is 0.533. The van der Waals surface area contributed by atoms with E-state index in [2.05, 4.69) is 25.9 Å². The Balaban J connectivity index is 0.00000169. The highest BCUT2D eigenvalue weighted by atomic mass is 19.4. The molecule has 0 bridgehead atoms. The number of pyridine rings is 1. The van der Waals surface area contributed by atoms with Crippen molar-refractivity contribution in [2.45, 2.75) is 83.7 Å². The van der Waals surface area contributed by atoms with Crippen LogP contribution in [0.25, 0.3) is 11.2 Å². The van der Waals surface area contributed by atoms with Crippen LogP contribution >= 0.6 is 0 Å². The summed E-state index contributed by atoms with van der Waals surface area (Å²) in [4.78, 5) is 34.1. The fourth-order valence-electron chi connectivity index (χ4n) is 5.11. The number of aromatic nitrogens is 3. The van der Waals surface area contributed by atoms with Gasteiger partial charge in [-0.15, -0.1) is 0 Å². The average molecular weight is 685 g/mol. The molecule has 2 aliphatic carbocycles. The van der Waals surface area contributed by atoms with E-state index < -0.39 is 42.8 Å². The van der Waals surface area contributed by atoms with E-state index in [-0.39, 0.29) is 57.0 Å². The number of imidazole rings is 1. The van der Waals surface area contributed by atoms with Crippen LogP contribution in [0.1, 0.15) is 77.6 Å². The lowest BCUT2D eigenvalue weighted by atomic mass is 9.95. The Kier molecular flexibility index (Phi) is 11.2. The number of rotatable bonds is 10. The van der Waals surface area contributed by atoms with Gasteiger partial charge in [-0.1, -0.05) is 32.3 Å². The molecule has 17 heteroatoms. The lowest BCUT2D eigenvalue weighted by molar-refractivity contribution is -0.137. The number of nitrogens with zero attached hydrogens (tertiary/aromatic N) is 3. The number of hydrogen-bond donors (Lipinski definition) is 3. The molecule has 0 saturated heterocycles. The highest BCUT2D eigenvalue weighted by Crippen LogP contribution is 2.45. The molecule has 2 saturated carbocycles. The number of carbonyl (C=O) groups excluding carboxylic acids is 2. The summed E-state index contributed by atoms with van der Waals surface area (Å²) in [5.74, 6) is -1.07. The van der Waals surface area contributed by atoms with E-state index in [0.29, 0.717) is 5.56 Å². The van der Waals surface area contributed by atoms with Crippen LogP contribution in [0, 0.1) is 5.41 Å². The Morgan fingerprint density at radius 2 is 1.72 bits per heavy atom. The van der Waals surface area contributed by atoms with Crippen molar-refractivity contribution >= 4 is 34.6 Å². The second-order valence-electron chi connectivity index (χ2n) is 11.7. The van der Waals surface area contributed by atoms with Gasteiger partial charge in [-0.2, -0.15) is 31.3 Å². The maximum absolute atomic E-state index is 13.9. The van der Waals surface area contributed by atoms with Crippen LogP contribution in [0.3, 0.4) is 0 Å². The zero-order valence-electron chi connectivity index (χ0n) is 25.5. The molecule has 0 spiro atoms. The molecule has 0 atom stereocenters. The Hall–Kier alpha value is -4.18. The average Bonchev–Trinajstić information content (AvgIpc) is 3.68. The van der Waals surface area contributed by atoms with Crippen LogP contribution in [0.4, 0.5) is 46.8 Å². The van der Waals surface area contributed by atoms with Crippen molar-refractivity contribution in [1.82, 2.24) is 25.2 Å². The highest BCUT2D eigenvalue weighted by molar-refractivity contribution is 5.99. The van der Waals surface area contributed by atoms with E-state index in [4.69, 9.17) is 4.74 Å². The van der Waals surface area contributed by atoms with Gasteiger partial charge in [0.15, 0.2) is 12.3 Å². The Morgan fingerprint density at radius 1 is 1.06 bits per heavy atom. The lowest BCUT2D eigenvalue weighted by Crippen LogP contribution is -2.36. The maximum atomic E-state index is 13.9. The normalized spacial score (nSPS) is 16.1. The smallest absolute Gasteiger partial charge is 0.418 e. The minimum Gasteiger partial charge on any atom is -0.471 e. The van der Waals surface area contributed by atoms with Gasteiger partial charge in [0.2, 0.25) is 17.7 Å². The van der Waals surface area contributed by atoms with Gasteiger partial charge >= 0.3 is 12.9 Å². The summed E-state index contributed by atoms with van der Waals surface area (Å²) < 4.78 is 103. The predicted octanol–water partition coefficient (Wildman–Crippen LogP) is 7.77. The van der Waals surface area contributed by atoms with Crippen LogP contribution in [-0.2, 0) is 24.6 Å². The molecule has 3 aromatic rings. The third-order valence-electron chi connectivity index (χ3n) is 7.98. The summed E-state index contributed by atoms with van der Waals surface area (Å²) in [6, 6.07) is 4.76. The van der Waals surface area contributed by atoms with Crippen LogP contribution in [-0.4, -0.2) is 52.1 Å². The molecule has 2 amide bonds. The zero-order valence-corrected chi connectivity index (χ0v) is 25.5. The summed E-state index contributed by atoms with van der Waals surface area (Å²) in [5.41, 5.74) is -1.09. The topological polar surface area (TPSA) is 110 Å². The van der Waals surface area contributed by atoms with Crippen molar-refractivity contribution in [3.8, 4) is 5.88 Å². The van der Waals surface area contributed by atoms with Crippen molar-refractivity contribution in [2.24, 2.45) is 12.5 Å². The summed E-state index contributed by atoms with van der Waals surface area (Å²) >= 11 is 0. The van der Waals surface area contributed by atoms with E-state index in [0.717, 1.165) is 51.0 Å². The third kappa shape index (κ3) is 9.44. The monoisotopic (exact) mass is 684 g/mol. The number of amides is 2. The largest absolute Gasteiger partial charge is 0.471 e. The van der Waals surface area contributed by atoms with Gasteiger partial charge in [-0.05, 0) is 49.4 Å². The lowest BCUT2D eigenvalue weighted by Gasteiger charge is -2.23. The number of ether oxygens (including phenoxy) is 1. The van der Waals surface area contributed by atoms with E-state index in [9.17, 15) is 44.7 Å². The minimum absolute atomic E-state index is 0. The summed E-state index contributed by atoms with van der Waals surface area (Å²) in [7, 11) is 1.48. The van der Waals surface area contributed by atoms with Crippen LogP contribution in [0.15, 0.2) is 24.3 Å². The molecule has 2 heterocycles. The number of carbonyl (C=O) groups is 2. The fourth-order valence-corrected chi connectivity index (χ4v) is 5.11. The highest BCUT2D eigenvalue weighted by Gasteiger charge is 2.44. The molecule has 5 rings (SSSR count). The molecule has 2 aromatic heterocycles. The quantitative estimate of drug-likeness (QED) is 0.188. The second kappa shape index (κ2) is 14.7. The van der Waals surface area contributed by atoms with Gasteiger partial charge in [0.25, 0.3) is 12.3 Å². The number of benzene rings is 1. The molecule has 2 aliphatic rings. The molecule has 3 N–H and O–H groups in total. The van der Waals surface area contributed by atoms with Crippen molar-refractivity contribution in [2.75, 3.05) is 11.9 Å². The van der Waals surface area contributed by atoms with Gasteiger partial charge < -0.3 is 20.7 Å². The molecule has 0 aliphatic heterocycles. The Labute approximate surface area is 268 Å². The van der Waals surface area contributed by atoms with Gasteiger partial charge in [-0.25, -0.2) is 13.8 Å². The summed E-state index contributed by atoms with van der Waals surface area (Å²) in [6.07, 6.45) is -1.44. The first-order valence-electron chi connectivity index (χ1n) is 14.8. The molecule has 9 nitrogen and oxygen atoms in total. The second-order valence-corrected chi connectivity index (χ2v) is 11.7. The SMILES string of the molecule is Cn1c(Nc2cc(CNC(=O)C3(C)CC3)ccc2C(F)(F)F)nc2cc(C(=O)NC3CCCCC3)c(OCC(F)F)nc21.FC(F)F.[HH].[HH].[HH]. The van der Waals surface area contributed by atoms with E-state index >= 15 is 0 Å². The van der Waals surface area contributed by atoms with E-state index in [1.165, 1.54) is 29.8 Å². The number of alkyl halides is 8. The van der Waals surface area contributed by atoms with Crippen molar-refractivity contribution in [3.05, 3.63) is 41.0 Å². The van der Waals surface area contributed by atoms with Gasteiger partial charge in [-0.3, -0.25) is 14.2 Å². The Bertz CT molecular complexity index is 1580. The maximum Gasteiger partial charge on any atom is 0.418 e. The number of anilines is 2. The first-order valence-corrected chi connectivity index (χ1v) is 14.8.